The predicted octanol–water partition coefficient (Wildman–Crippen LogP) is 1.78. The van der Waals surface area contributed by atoms with Crippen molar-refractivity contribution in [1.82, 2.24) is 26.4 Å². The van der Waals surface area contributed by atoms with Gasteiger partial charge >= 0.3 is 0 Å². The lowest BCUT2D eigenvalue weighted by molar-refractivity contribution is -0.118. The second-order valence-electron chi connectivity index (χ2n) is 6.00. The zero-order valence-corrected chi connectivity index (χ0v) is 14.4. The van der Waals surface area contributed by atoms with Gasteiger partial charge in [-0.15, -0.1) is 0 Å². The van der Waals surface area contributed by atoms with Crippen LogP contribution in [0.5, 0.6) is 0 Å². The monoisotopic (exact) mass is 373 g/mol. The summed E-state index contributed by atoms with van der Waals surface area (Å²) < 4.78 is 13.8. The molecule has 1 aromatic carbocycles. The van der Waals surface area contributed by atoms with Crippen LogP contribution >= 0.6 is 11.6 Å². The number of hydrazine groups is 1. The number of amides is 1. The lowest BCUT2D eigenvalue weighted by atomic mass is 10.0. The van der Waals surface area contributed by atoms with E-state index in [9.17, 15) is 9.18 Å². The van der Waals surface area contributed by atoms with Crippen LogP contribution in [0.3, 0.4) is 0 Å². The minimum absolute atomic E-state index is 0.0697. The molecule has 0 spiro atoms. The summed E-state index contributed by atoms with van der Waals surface area (Å²) in [6, 6.07) is 4.34. The molecule has 6 nitrogen and oxygen atoms in total. The van der Waals surface area contributed by atoms with Crippen molar-refractivity contribution < 1.29 is 9.18 Å². The molecule has 4 rings (SSSR count). The molecule has 2 atom stereocenters. The number of nitrogens with zero attached hydrogens (tertiary/aromatic N) is 1. The zero-order valence-electron chi connectivity index (χ0n) is 13.7. The third-order valence-corrected chi connectivity index (χ3v) is 4.72. The molecule has 26 heavy (non-hydrogen) atoms. The molecule has 0 fully saturated rings. The topological polar surface area (TPSA) is 68.4 Å². The van der Waals surface area contributed by atoms with E-state index in [-0.39, 0.29) is 23.1 Å². The highest BCUT2D eigenvalue weighted by atomic mass is 35.5. The van der Waals surface area contributed by atoms with Crippen molar-refractivity contribution in [3.8, 4) is 0 Å². The zero-order chi connectivity index (χ0) is 18.1. The Morgan fingerprint density at radius 2 is 2.23 bits per heavy atom. The fourth-order valence-electron chi connectivity index (χ4n) is 3.01. The Balaban J connectivity index is 1.52. The number of dihydropyridines is 1. The quantitative estimate of drug-likeness (QED) is 0.608. The van der Waals surface area contributed by atoms with Crippen LogP contribution in [-0.4, -0.2) is 23.6 Å². The molecule has 0 bridgehead atoms. The van der Waals surface area contributed by atoms with E-state index in [0.717, 1.165) is 5.70 Å². The van der Waals surface area contributed by atoms with Crippen LogP contribution in [0.25, 0.3) is 0 Å². The Hall–Kier alpha value is -2.77. The van der Waals surface area contributed by atoms with E-state index in [1.807, 2.05) is 18.2 Å². The normalized spacial score (nSPS) is 23.5. The smallest absolute Gasteiger partial charge is 0.274 e. The molecule has 0 saturated carbocycles. The molecular formula is C18H17ClFN5O. The molecule has 134 valence electrons. The summed E-state index contributed by atoms with van der Waals surface area (Å²) in [5.41, 5.74) is 5.00. The van der Waals surface area contributed by atoms with Gasteiger partial charge in [-0.05, 0) is 36.1 Å². The number of rotatable bonds is 3. The Bertz CT molecular complexity index is 863. The van der Waals surface area contributed by atoms with Gasteiger partial charge in [0.05, 0.1) is 11.1 Å². The first-order chi connectivity index (χ1) is 12.6. The summed E-state index contributed by atoms with van der Waals surface area (Å²) in [5.74, 6) is -0.719. The van der Waals surface area contributed by atoms with Crippen molar-refractivity contribution >= 4 is 17.5 Å². The van der Waals surface area contributed by atoms with E-state index in [2.05, 4.69) is 21.4 Å². The van der Waals surface area contributed by atoms with Crippen LogP contribution in [0.15, 0.2) is 66.3 Å². The van der Waals surface area contributed by atoms with Gasteiger partial charge in [-0.25, -0.2) is 9.82 Å². The van der Waals surface area contributed by atoms with Gasteiger partial charge in [0.15, 0.2) is 0 Å². The van der Waals surface area contributed by atoms with Crippen molar-refractivity contribution in [1.29, 1.82) is 0 Å². The molecule has 1 amide bonds. The fourth-order valence-corrected chi connectivity index (χ4v) is 3.25. The Morgan fingerprint density at radius 1 is 1.35 bits per heavy atom. The van der Waals surface area contributed by atoms with Gasteiger partial charge in [0.1, 0.15) is 17.7 Å². The average molecular weight is 374 g/mol. The van der Waals surface area contributed by atoms with Crippen LogP contribution in [0.4, 0.5) is 4.39 Å². The van der Waals surface area contributed by atoms with Crippen LogP contribution in [0.2, 0.25) is 5.02 Å². The molecule has 3 aliphatic heterocycles. The maximum Gasteiger partial charge on any atom is 0.274 e. The highest BCUT2D eigenvalue weighted by Crippen LogP contribution is 2.30. The van der Waals surface area contributed by atoms with E-state index in [1.54, 1.807) is 35.6 Å². The first-order valence-electron chi connectivity index (χ1n) is 8.19. The van der Waals surface area contributed by atoms with Gasteiger partial charge in [0, 0.05) is 18.4 Å². The molecule has 0 radical (unpaired) electrons. The van der Waals surface area contributed by atoms with Gasteiger partial charge in [-0.2, -0.15) is 0 Å². The highest BCUT2D eigenvalue weighted by molar-refractivity contribution is 6.31. The van der Waals surface area contributed by atoms with Gasteiger partial charge in [0.25, 0.3) is 5.91 Å². The lowest BCUT2D eigenvalue weighted by Crippen LogP contribution is -2.51. The van der Waals surface area contributed by atoms with Gasteiger partial charge in [-0.3, -0.25) is 9.80 Å². The Morgan fingerprint density at radius 3 is 3.04 bits per heavy atom. The maximum atomic E-state index is 13.8. The van der Waals surface area contributed by atoms with E-state index in [1.165, 1.54) is 6.07 Å². The standard InChI is InChI=1S/C18H17ClFN5O/c19-17-12(2-1-3-13(17)20)14-4-5-16-22-10-15(25(16)24-14)18(26)23-11-6-8-21-9-7-11/h1-8,10,14,16,21-22,24H,9H2,(H,23,26). The average Bonchev–Trinajstić information content (AvgIpc) is 3.08. The van der Waals surface area contributed by atoms with E-state index < -0.39 is 5.82 Å². The van der Waals surface area contributed by atoms with Crippen LogP contribution < -0.4 is 21.4 Å². The second kappa shape index (κ2) is 6.86. The number of allylic oxidation sites excluding steroid dienone is 1. The maximum absolute atomic E-state index is 13.8. The first-order valence-corrected chi connectivity index (χ1v) is 8.56. The minimum atomic E-state index is -0.473. The molecular weight excluding hydrogens is 357 g/mol. The van der Waals surface area contributed by atoms with Crippen LogP contribution in [-0.2, 0) is 4.79 Å². The summed E-state index contributed by atoms with van der Waals surface area (Å²) in [4.78, 5) is 12.6. The van der Waals surface area contributed by atoms with Gasteiger partial charge < -0.3 is 16.0 Å². The largest absolute Gasteiger partial charge is 0.387 e. The summed E-state index contributed by atoms with van der Waals surface area (Å²) >= 11 is 6.10. The molecule has 0 aromatic heterocycles. The Kier molecular flexibility index (Phi) is 4.40. The number of carbonyl (C=O) groups is 1. The van der Waals surface area contributed by atoms with Gasteiger partial charge in [-0.1, -0.05) is 29.8 Å². The summed E-state index contributed by atoms with van der Waals surface area (Å²) in [6.45, 7) is 0.664. The molecule has 2 unspecified atom stereocenters. The van der Waals surface area contributed by atoms with Crippen molar-refractivity contribution in [3.05, 3.63) is 82.7 Å². The number of carbonyl (C=O) groups excluding carboxylic acids is 1. The van der Waals surface area contributed by atoms with Crippen LogP contribution in [0.1, 0.15) is 11.6 Å². The predicted molar refractivity (Wildman–Crippen MR) is 96.6 cm³/mol. The molecule has 3 aliphatic rings. The SMILES string of the molecule is O=C(NC1=CCNC=C1)C1=CNC2C=CC(c3cccc(F)c3Cl)NN12. The van der Waals surface area contributed by atoms with Gasteiger partial charge in [0.2, 0.25) is 0 Å². The van der Waals surface area contributed by atoms with E-state index >= 15 is 0 Å². The molecule has 0 saturated heterocycles. The minimum Gasteiger partial charge on any atom is -0.387 e. The summed E-state index contributed by atoms with van der Waals surface area (Å²) in [7, 11) is 0. The summed E-state index contributed by atoms with van der Waals surface area (Å²) in [5, 5.41) is 10.8. The van der Waals surface area contributed by atoms with Crippen molar-refractivity contribution in [2.75, 3.05) is 6.54 Å². The number of halogens is 2. The van der Waals surface area contributed by atoms with E-state index in [4.69, 9.17) is 11.6 Å². The van der Waals surface area contributed by atoms with Crippen LogP contribution in [0, 0.1) is 5.82 Å². The number of nitrogens with one attached hydrogen (secondary N) is 4. The third kappa shape index (κ3) is 3.07. The van der Waals surface area contributed by atoms with Crippen molar-refractivity contribution in [2.45, 2.75) is 12.2 Å². The number of benzene rings is 1. The first kappa shape index (κ1) is 16.7. The molecule has 4 N–H and O–H groups in total. The fraction of sp³-hybridized carbons (Fsp3) is 0.167. The molecule has 8 heteroatoms. The lowest BCUT2D eigenvalue weighted by Gasteiger charge is -2.35. The van der Waals surface area contributed by atoms with Crippen molar-refractivity contribution in [3.63, 3.8) is 0 Å². The molecule has 3 heterocycles. The third-order valence-electron chi connectivity index (χ3n) is 4.32. The van der Waals surface area contributed by atoms with E-state index in [0.29, 0.717) is 17.8 Å². The molecule has 1 aromatic rings. The Labute approximate surface area is 155 Å². The van der Waals surface area contributed by atoms with Crippen molar-refractivity contribution in [2.24, 2.45) is 0 Å². The number of hydrogen-bond donors (Lipinski definition) is 4. The highest BCUT2D eigenvalue weighted by Gasteiger charge is 2.33. The second-order valence-corrected chi connectivity index (χ2v) is 6.38. The summed E-state index contributed by atoms with van der Waals surface area (Å²) in [6.07, 6.45) is 10.7. The molecule has 0 aliphatic carbocycles. The number of hydrogen-bond acceptors (Lipinski definition) is 5. The number of fused-ring (bicyclic) bond motifs is 1.